The molecule has 0 aliphatic heterocycles. The third kappa shape index (κ3) is 3.46. The van der Waals surface area contributed by atoms with Crippen molar-refractivity contribution >= 4 is 36.4 Å². The Kier molecular flexibility index (Phi) is 5.29. The van der Waals surface area contributed by atoms with Crippen LogP contribution in [0.1, 0.15) is 26.7 Å². The van der Waals surface area contributed by atoms with Gasteiger partial charge in [0.25, 0.3) is 9.05 Å². The molecule has 0 radical (unpaired) electrons. The van der Waals surface area contributed by atoms with Crippen molar-refractivity contribution in [3.05, 3.63) is 41.1 Å². The summed E-state index contributed by atoms with van der Waals surface area (Å²) in [7, 11) is 1.63. The lowest BCUT2D eigenvalue weighted by atomic mass is 10.1. The molecule has 0 aliphatic carbocycles. The van der Waals surface area contributed by atoms with Crippen molar-refractivity contribution in [2.75, 3.05) is 6.61 Å². The van der Waals surface area contributed by atoms with E-state index in [4.69, 9.17) is 15.4 Å². The maximum atomic E-state index is 12.8. The van der Waals surface area contributed by atoms with Crippen molar-refractivity contribution in [1.82, 2.24) is 24.1 Å². The van der Waals surface area contributed by atoms with Crippen molar-refractivity contribution in [2.24, 2.45) is 0 Å². The summed E-state index contributed by atoms with van der Waals surface area (Å²) in [6.45, 7) is 4.94. The summed E-state index contributed by atoms with van der Waals surface area (Å²) in [5, 5.41) is 7.92. The molecule has 0 saturated heterocycles. The van der Waals surface area contributed by atoms with Crippen LogP contribution in [-0.2, 0) is 15.6 Å². The van der Waals surface area contributed by atoms with Crippen LogP contribution in [0.4, 0.5) is 0 Å². The highest BCUT2D eigenvalue weighted by atomic mass is 35.7. The van der Waals surface area contributed by atoms with Crippen molar-refractivity contribution in [3.8, 4) is 17.0 Å². The Hall–Kier alpha value is -2.85. The average Bonchev–Trinajstić information content (AvgIpc) is 3.36. The van der Waals surface area contributed by atoms with E-state index in [0.29, 0.717) is 46.8 Å². The SMILES string of the molecule is CCCOc1ccc(S(=O)(=O)Cl)cc1-c1cc2c([nH]1)c1nncn1c(=O)n2CCC. The first-order chi connectivity index (χ1) is 14.3. The Morgan fingerprint density at radius 3 is 2.70 bits per heavy atom. The first-order valence-electron chi connectivity index (χ1n) is 9.52. The minimum absolute atomic E-state index is 0.0414. The van der Waals surface area contributed by atoms with Crippen LogP contribution in [0.25, 0.3) is 27.9 Å². The summed E-state index contributed by atoms with van der Waals surface area (Å²) in [5.74, 6) is 0.509. The number of aryl methyl sites for hydroxylation is 1. The van der Waals surface area contributed by atoms with E-state index in [0.717, 1.165) is 12.8 Å². The fraction of sp³-hybridized carbons (Fsp3) is 0.316. The van der Waals surface area contributed by atoms with E-state index >= 15 is 0 Å². The van der Waals surface area contributed by atoms with E-state index in [1.54, 1.807) is 16.7 Å². The Morgan fingerprint density at radius 2 is 2.00 bits per heavy atom. The van der Waals surface area contributed by atoms with Gasteiger partial charge in [-0.3, -0.25) is 4.57 Å². The number of nitrogens with zero attached hydrogens (tertiary/aromatic N) is 4. The second-order valence-corrected chi connectivity index (χ2v) is 9.41. The molecule has 0 unspecified atom stereocenters. The van der Waals surface area contributed by atoms with Gasteiger partial charge in [-0.1, -0.05) is 13.8 Å². The van der Waals surface area contributed by atoms with E-state index in [9.17, 15) is 13.2 Å². The smallest absolute Gasteiger partial charge is 0.335 e. The monoisotopic (exact) mass is 449 g/mol. The molecule has 3 aromatic heterocycles. The summed E-state index contributed by atoms with van der Waals surface area (Å²) in [4.78, 5) is 16.1. The Bertz CT molecular complexity index is 1400. The zero-order valence-electron chi connectivity index (χ0n) is 16.4. The molecule has 11 heteroatoms. The van der Waals surface area contributed by atoms with Gasteiger partial charge in [-0.25, -0.2) is 17.6 Å². The fourth-order valence-corrected chi connectivity index (χ4v) is 4.18. The molecule has 158 valence electrons. The molecule has 0 saturated carbocycles. The normalized spacial score (nSPS) is 12.1. The maximum absolute atomic E-state index is 12.8. The lowest BCUT2D eigenvalue weighted by Gasteiger charge is -2.11. The number of hydrogen-bond acceptors (Lipinski definition) is 6. The number of benzene rings is 1. The predicted octanol–water partition coefficient (Wildman–Crippen LogP) is 3.17. The molecule has 4 aromatic rings. The van der Waals surface area contributed by atoms with Gasteiger partial charge in [0.1, 0.15) is 17.6 Å². The third-order valence-electron chi connectivity index (χ3n) is 4.73. The minimum atomic E-state index is -3.93. The van der Waals surface area contributed by atoms with Gasteiger partial charge in [-0.2, -0.15) is 0 Å². The Morgan fingerprint density at radius 1 is 1.20 bits per heavy atom. The molecule has 0 aliphatic rings. The Labute approximate surface area is 176 Å². The average molecular weight is 450 g/mol. The zero-order valence-corrected chi connectivity index (χ0v) is 18.0. The summed E-state index contributed by atoms with van der Waals surface area (Å²) >= 11 is 0. The van der Waals surface area contributed by atoms with Crippen molar-refractivity contribution in [2.45, 2.75) is 38.1 Å². The van der Waals surface area contributed by atoms with Gasteiger partial charge in [0, 0.05) is 22.8 Å². The highest BCUT2D eigenvalue weighted by Gasteiger charge is 2.20. The van der Waals surface area contributed by atoms with Crippen LogP contribution in [-0.4, -0.2) is 39.2 Å². The highest BCUT2D eigenvalue weighted by Crippen LogP contribution is 2.35. The number of nitrogens with one attached hydrogen (secondary N) is 1. The number of fused-ring (bicyclic) bond motifs is 3. The summed E-state index contributed by atoms with van der Waals surface area (Å²) < 4.78 is 32.6. The van der Waals surface area contributed by atoms with E-state index in [2.05, 4.69) is 15.2 Å². The van der Waals surface area contributed by atoms with Crippen molar-refractivity contribution in [1.29, 1.82) is 0 Å². The topological polar surface area (TPSA) is 111 Å². The first kappa shape index (κ1) is 20.4. The van der Waals surface area contributed by atoms with Crippen LogP contribution in [0.2, 0.25) is 0 Å². The van der Waals surface area contributed by atoms with E-state index < -0.39 is 9.05 Å². The quantitative estimate of drug-likeness (QED) is 0.434. The number of halogens is 1. The van der Waals surface area contributed by atoms with Crippen LogP contribution < -0.4 is 10.4 Å². The molecule has 3 heterocycles. The first-order valence-corrected chi connectivity index (χ1v) is 11.8. The number of rotatable bonds is 7. The van der Waals surface area contributed by atoms with E-state index in [1.165, 1.54) is 22.9 Å². The van der Waals surface area contributed by atoms with Gasteiger partial charge in [-0.05, 0) is 37.1 Å². The molecule has 9 nitrogen and oxygen atoms in total. The summed E-state index contributed by atoms with van der Waals surface area (Å²) in [5.41, 5.74) is 2.53. The minimum Gasteiger partial charge on any atom is -0.493 e. The predicted molar refractivity (Wildman–Crippen MR) is 114 cm³/mol. The van der Waals surface area contributed by atoms with Gasteiger partial charge >= 0.3 is 5.69 Å². The number of hydrogen-bond donors (Lipinski definition) is 1. The molecule has 0 spiro atoms. The number of ether oxygens (including phenoxy) is 1. The van der Waals surface area contributed by atoms with Crippen LogP contribution in [0.5, 0.6) is 5.75 Å². The molecular formula is C19H20ClN5O4S. The van der Waals surface area contributed by atoms with Crippen LogP contribution in [0.15, 0.2) is 40.3 Å². The molecule has 0 bridgehead atoms. The molecule has 1 aromatic carbocycles. The lowest BCUT2D eigenvalue weighted by Crippen LogP contribution is -2.26. The van der Waals surface area contributed by atoms with Gasteiger partial charge in [0.05, 0.1) is 22.7 Å². The van der Waals surface area contributed by atoms with Gasteiger partial charge < -0.3 is 9.72 Å². The van der Waals surface area contributed by atoms with Gasteiger partial charge in [-0.15, -0.1) is 10.2 Å². The summed E-state index contributed by atoms with van der Waals surface area (Å²) in [6, 6.07) is 6.24. The molecular weight excluding hydrogens is 430 g/mol. The van der Waals surface area contributed by atoms with Crippen LogP contribution in [0.3, 0.4) is 0 Å². The Balaban J connectivity index is 2.01. The van der Waals surface area contributed by atoms with Crippen LogP contribution >= 0.6 is 10.7 Å². The zero-order chi connectivity index (χ0) is 21.5. The number of aromatic amines is 1. The second-order valence-electron chi connectivity index (χ2n) is 6.85. The number of H-pyrrole nitrogens is 1. The van der Waals surface area contributed by atoms with Crippen molar-refractivity contribution in [3.63, 3.8) is 0 Å². The fourth-order valence-electron chi connectivity index (χ4n) is 3.40. The van der Waals surface area contributed by atoms with Gasteiger partial charge in [0.2, 0.25) is 0 Å². The van der Waals surface area contributed by atoms with E-state index in [1.807, 2.05) is 13.8 Å². The molecule has 1 N–H and O–H groups in total. The van der Waals surface area contributed by atoms with E-state index in [-0.39, 0.29) is 10.6 Å². The lowest BCUT2D eigenvalue weighted by molar-refractivity contribution is 0.318. The highest BCUT2D eigenvalue weighted by molar-refractivity contribution is 8.13. The maximum Gasteiger partial charge on any atom is 0.335 e. The molecule has 4 rings (SSSR count). The van der Waals surface area contributed by atoms with Crippen molar-refractivity contribution < 1.29 is 13.2 Å². The molecule has 30 heavy (non-hydrogen) atoms. The summed E-state index contributed by atoms with van der Waals surface area (Å²) in [6.07, 6.45) is 2.92. The third-order valence-corrected chi connectivity index (χ3v) is 6.08. The largest absolute Gasteiger partial charge is 0.493 e. The van der Waals surface area contributed by atoms with Gasteiger partial charge in [0.15, 0.2) is 5.65 Å². The molecule has 0 amide bonds. The standard InChI is InChI=1S/C19H20ClN5O4S/c1-3-7-24-15-10-14(22-17(15)18-23-21-11-25(18)19(24)26)13-9-12(30(20,27)28)5-6-16(13)29-8-4-2/h5-6,9-11,22H,3-4,7-8H2,1-2H3. The molecule has 0 fully saturated rings. The second kappa shape index (κ2) is 7.77. The molecule has 0 atom stereocenters. The van der Waals surface area contributed by atoms with Crippen LogP contribution in [0, 0.1) is 0 Å². The number of aromatic nitrogens is 5.